The first kappa shape index (κ1) is 23.5. The zero-order valence-electron chi connectivity index (χ0n) is 17.4. The lowest BCUT2D eigenvalue weighted by Crippen LogP contribution is -2.32. The summed E-state index contributed by atoms with van der Waals surface area (Å²) in [7, 11) is 0. The molecule has 10 heteroatoms. The molecule has 2 aliphatic rings. The molecule has 1 aromatic carbocycles. The van der Waals surface area contributed by atoms with E-state index in [4.69, 9.17) is 14.6 Å². The van der Waals surface area contributed by atoms with E-state index in [1.165, 1.54) is 0 Å². The number of carboxylic acid groups (broad SMARTS) is 1. The van der Waals surface area contributed by atoms with E-state index >= 15 is 0 Å². The van der Waals surface area contributed by atoms with Gasteiger partial charge in [0.05, 0.1) is 12.7 Å². The van der Waals surface area contributed by atoms with Crippen LogP contribution < -0.4 is 5.32 Å². The van der Waals surface area contributed by atoms with Gasteiger partial charge in [0, 0.05) is 43.2 Å². The van der Waals surface area contributed by atoms with E-state index in [1.807, 2.05) is 54.3 Å². The molecule has 3 atom stereocenters. The Morgan fingerprint density at radius 1 is 1.19 bits per heavy atom. The third kappa shape index (κ3) is 5.76. The smallest absolute Gasteiger partial charge is 0.475 e. The number of aryl methyl sites for hydroxylation is 1. The Balaban J connectivity index is 0.000000360. The number of amides is 1. The first-order valence-corrected chi connectivity index (χ1v) is 10.1. The molecule has 1 aromatic heterocycles. The van der Waals surface area contributed by atoms with Gasteiger partial charge < -0.3 is 20.1 Å². The van der Waals surface area contributed by atoms with Crippen molar-refractivity contribution in [3.05, 3.63) is 59.8 Å². The Labute approximate surface area is 183 Å². The summed E-state index contributed by atoms with van der Waals surface area (Å²) in [5.41, 5.74) is 1.82. The molecule has 0 unspecified atom stereocenters. The van der Waals surface area contributed by atoms with Gasteiger partial charge in [-0.25, -0.2) is 9.78 Å². The second kappa shape index (κ2) is 9.99. The highest BCUT2D eigenvalue weighted by Gasteiger charge is 2.45. The molecule has 7 nitrogen and oxygen atoms in total. The lowest BCUT2D eigenvalue weighted by Gasteiger charge is -2.21. The lowest BCUT2D eigenvalue weighted by atomic mass is 9.93. The average molecular weight is 451 g/mol. The summed E-state index contributed by atoms with van der Waals surface area (Å²) in [6.07, 6.45) is -3.14. The van der Waals surface area contributed by atoms with Crippen molar-refractivity contribution in [3.8, 4) is 0 Å². The van der Waals surface area contributed by atoms with E-state index in [2.05, 4.69) is 10.3 Å². The van der Waals surface area contributed by atoms with Gasteiger partial charge in [0.15, 0.2) is 0 Å². The highest BCUT2D eigenvalue weighted by atomic mass is 19.4. The average Bonchev–Trinajstić information content (AvgIpc) is 3.34. The van der Waals surface area contributed by atoms with Crippen molar-refractivity contribution in [2.45, 2.75) is 19.2 Å². The fourth-order valence-electron chi connectivity index (χ4n) is 3.86. The molecule has 0 bridgehead atoms. The maximum Gasteiger partial charge on any atom is 0.490 e. The zero-order chi connectivity index (χ0) is 23.3. The van der Waals surface area contributed by atoms with Gasteiger partial charge in [-0.1, -0.05) is 24.3 Å². The van der Waals surface area contributed by atoms with Gasteiger partial charge in [-0.05, 0) is 30.7 Å². The Hall–Kier alpha value is -3.14. The van der Waals surface area contributed by atoms with Crippen LogP contribution in [0, 0.1) is 18.8 Å². The fraction of sp³-hybridized carbons (Fsp3) is 0.409. The van der Waals surface area contributed by atoms with Crippen LogP contribution >= 0.6 is 0 Å². The number of carboxylic acids is 1. The second-order valence-corrected chi connectivity index (χ2v) is 7.72. The van der Waals surface area contributed by atoms with Crippen LogP contribution in [0.4, 0.5) is 19.0 Å². The van der Waals surface area contributed by atoms with Crippen molar-refractivity contribution in [1.29, 1.82) is 0 Å². The number of anilines is 1. The number of ether oxygens (including phenoxy) is 1. The second-order valence-electron chi connectivity index (χ2n) is 7.72. The third-order valence-corrected chi connectivity index (χ3v) is 5.55. The molecule has 2 N–H and O–H groups in total. The summed E-state index contributed by atoms with van der Waals surface area (Å²) in [5, 5.41) is 10.5. The molecule has 2 saturated heterocycles. The van der Waals surface area contributed by atoms with Gasteiger partial charge in [0.1, 0.15) is 5.82 Å². The number of nitrogens with one attached hydrogen (secondary N) is 1. The number of carbonyl (C=O) groups excluding carboxylic acids is 1. The Bertz CT molecular complexity index is 940. The minimum absolute atomic E-state index is 0.118. The molecule has 0 saturated carbocycles. The van der Waals surface area contributed by atoms with Crippen LogP contribution in [0.25, 0.3) is 0 Å². The predicted octanol–water partition coefficient (Wildman–Crippen LogP) is 3.22. The molecular formula is C22H24F3N3O4. The van der Waals surface area contributed by atoms with Crippen LogP contribution in [0.2, 0.25) is 0 Å². The molecule has 0 radical (unpaired) electrons. The number of hydrogen-bond donors (Lipinski definition) is 2. The Morgan fingerprint density at radius 3 is 2.50 bits per heavy atom. The molecule has 1 amide bonds. The molecule has 0 aliphatic carbocycles. The van der Waals surface area contributed by atoms with E-state index in [0.717, 1.165) is 36.6 Å². The van der Waals surface area contributed by atoms with E-state index in [1.54, 1.807) is 6.20 Å². The van der Waals surface area contributed by atoms with Gasteiger partial charge >= 0.3 is 12.1 Å². The summed E-state index contributed by atoms with van der Waals surface area (Å²) in [6, 6.07) is 13.6. The minimum atomic E-state index is -5.08. The highest BCUT2D eigenvalue weighted by molar-refractivity contribution is 5.95. The molecule has 2 aromatic rings. The van der Waals surface area contributed by atoms with Crippen molar-refractivity contribution in [2.24, 2.45) is 11.8 Å². The van der Waals surface area contributed by atoms with E-state index < -0.39 is 12.1 Å². The third-order valence-electron chi connectivity index (χ3n) is 5.55. The summed E-state index contributed by atoms with van der Waals surface area (Å²) >= 11 is 0. The van der Waals surface area contributed by atoms with Gasteiger partial charge in [0.25, 0.3) is 5.91 Å². The highest BCUT2D eigenvalue weighted by Crippen LogP contribution is 2.34. The number of pyridine rings is 1. The maximum absolute atomic E-state index is 12.8. The summed E-state index contributed by atoms with van der Waals surface area (Å²) in [4.78, 5) is 28.0. The van der Waals surface area contributed by atoms with Crippen LogP contribution in [0.3, 0.4) is 0 Å². The molecule has 3 heterocycles. The van der Waals surface area contributed by atoms with Gasteiger partial charge in [-0.15, -0.1) is 0 Å². The number of likely N-dealkylation sites (tertiary alicyclic amines) is 1. The number of halogens is 3. The number of alkyl halides is 3. The van der Waals surface area contributed by atoms with Crippen molar-refractivity contribution >= 4 is 17.7 Å². The monoisotopic (exact) mass is 451 g/mol. The largest absolute Gasteiger partial charge is 0.490 e. The molecule has 2 aliphatic heterocycles. The Morgan fingerprint density at radius 2 is 1.88 bits per heavy atom. The maximum atomic E-state index is 12.8. The number of hydrogen-bond acceptors (Lipinski definition) is 5. The Kier molecular flexibility index (Phi) is 7.34. The van der Waals surface area contributed by atoms with Crippen LogP contribution in [0.15, 0.2) is 48.7 Å². The number of benzene rings is 1. The molecule has 4 rings (SSSR count). The summed E-state index contributed by atoms with van der Waals surface area (Å²) in [6.45, 7) is 5.02. The van der Waals surface area contributed by atoms with Crippen molar-refractivity contribution in [3.63, 3.8) is 0 Å². The number of fused-ring (bicyclic) bond motifs is 1. The molecule has 0 spiro atoms. The van der Waals surface area contributed by atoms with E-state index in [0.29, 0.717) is 18.4 Å². The topological polar surface area (TPSA) is 91.8 Å². The van der Waals surface area contributed by atoms with Crippen molar-refractivity contribution in [1.82, 2.24) is 9.88 Å². The van der Waals surface area contributed by atoms with E-state index in [-0.39, 0.29) is 12.0 Å². The molecule has 172 valence electrons. The number of carbonyl (C=O) groups is 2. The standard InChI is InChI=1S/C20H23N3O2.C2HF3O2/c1-14-6-2-3-7-16(14)20(24)23-11-17-15(13-25-18(17)12-23)10-22-19-8-4-5-9-21-19;3-2(4,5)1(6)7/h2-9,15,17-18H,10-13H2,1H3,(H,21,22);(H,6,7)/t15-,17+,18+;/m0./s1. The first-order valence-electron chi connectivity index (χ1n) is 10.1. The van der Waals surface area contributed by atoms with Gasteiger partial charge in [0.2, 0.25) is 0 Å². The molecular weight excluding hydrogens is 427 g/mol. The minimum Gasteiger partial charge on any atom is -0.475 e. The fourth-order valence-corrected chi connectivity index (χ4v) is 3.86. The first-order chi connectivity index (χ1) is 15.2. The lowest BCUT2D eigenvalue weighted by molar-refractivity contribution is -0.192. The summed E-state index contributed by atoms with van der Waals surface area (Å²) < 4.78 is 37.7. The number of aliphatic carboxylic acids is 1. The predicted molar refractivity (Wildman–Crippen MR) is 110 cm³/mol. The normalized spacial score (nSPS) is 22.0. The number of aromatic nitrogens is 1. The van der Waals surface area contributed by atoms with Crippen LogP contribution in [-0.4, -0.2) is 65.4 Å². The summed E-state index contributed by atoms with van der Waals surface area (Å²) in [5.74, 6) is -0.956. The number of rotatable bonds is 4. The SMILES string of the molecule is Cc1ccccc1C(=O)N1C[C@@H]2[C@@H](CNc3ccccn3)CO[C@@H]2C1.O=C(O)C(F)(F)F. The quantitative estimate of drug-likeness (QED) is 0.742. The van der Waals surface area contributed by atoms with Crippen LogP contribution in [-0.2, 0) is 9.53 Å². The van der Waals surface area contributed by atoms with Crippen molar-refractivity contribution < 1.29 is 32.6 Å². The molecule has 2 fully saturated rings. The van der Waals surface area contributed by atoms with E-state index in [9.17, 15) is 18.0 Å². The van der Waals surface area contributed by atoms with Gasteiger partial charge in [-0.3, -0.25) is 4.79 Å². The van der Waals surface area contributed by atoms with Crippen molar-refractivity contribution in [2.75, 3.05) is 31.6 Å². The number of nitrogens with zero attached hydrogens (tertiary/aromatic N) is 2. The van der Waals surface area contributed by atoms with Crippen LogP contribution in [0.5, 0.6) is 0 Å². The zero-order valence-corrected chi connectivity index (χ0v) is 17.4. The molecule has 32 heavy (non-hydrogen) atoms. The van der Waals surface area contributed by atoms with Crippen LogP contribution in [0.1, 0.15) is 15.9 Å². The van der Waals surface area contributed by atoms with Gasteiger partial charge in [-0.2, -0.15) is 13.2 Å².